The van der Waals surface area contributed by atoms with E-state index in [-0.39, 0.29) is 17.2 Å². The van der Waals surface area contributed by atoms with E-state index in [9.17, 15) is 14.4 Å². The van der Waals surface area contributed by atoms with Gasteiger partial charge in [-0.1, -0.05) is 38.1 Å². The SMILES string of the molecule is CCCOCCOc1c2c(nc3ccccc13)C(=O)n1cccc1-2.CCCOCCn1c2c(c(=O)c3ccccc31)-c1cccn1C2=O. The van der Waals surface area contributed by atoms with Crippen LogP contribution in [0, 0.1) is 0 Å². The molecule has 10 heteroatoms. The molecular formula is C38H36N4O6. The fraction of sp³-hybridized carbons (Fsp3) is 0.263. The highest BCUT2D eigenvalue weighted by Crippen LogP contribution is 2.42. The van der Waals surface area contributed by atoms with Crippen LogP contribution in [0.15, 0.2) is 90.0 Å². The van der Waals surface area contributed by atoms with Crippen molar-refractivity contribution in [1.29, 1.82) is 0 Å². The second-order valence-corrected chi connectivity index (χ2v) is 11.6. The quantitative estimate of drug-likeness (QED) is 0.150. The largest absolute Gasteiger partial charge is 0.490 e. The van der Waals surface area contributed by atoms with Gasteiger partial charge in [-0.2, -0.15) is 0 Å². The molecule has 48 heavy (non-hydrogen) atoms. The zero-order valence-corrected chi connectivity index (χ0v) is 27.0. The minimum Gasteiger partial charge on any atom is -0.490 e. The van der Waals surface area contributed by atoms with E-state index in [1.165, 1.54) is 0 Å². The van der Waals surface area contributed by atoms with Crippen molar-refractivity contribution in [2.24, 2.45) is 0 Å². The van der Waals surface area contributed by atoms with Crippen LogP contribution in [0.2, 0.25) is 0 Å². The Bertz CT molecular complexity index is 2230. The lowest BCUT2D eigenvalue weighted by Crippen LogP contribution is -2.21. The van der Waals surface area contributed by atoms with E-state index in [0.29, 0.717) is 66.8 Å². The number of benzene rings is 2. The molecule has 10 nitrogen and oxygen atoms in total. The Labute approximate surface area is 277 Å². The topological polar surface area (TPSA) is 107 Å². The first-order valence-corrected chi connectivity index (χ1v) is 16.4. The van der Waals surface area contributed by atoms with Gasteiger partial charge in [-0.3, -0.25) is 23.5 Å². The van der Waals surface area contributed by atoms with Crippen molar-refractivity contribution in [2.45, 2.75) is 33.2 Å². The third-order valence-electron chi connectivity index (χ3n) is 8.50. The molecular weight excluding hydrogens is 608 g/mol. The van der Waals surface area contributed by atoms with Gasteiger partial charge < -0.3 is 18.8 Å². The molecule has 0 aliphatic carbocycles. The highest BCUT2D eigenvalue weighted by molar-refractivity contribution is 6.12. The van der Waals surface area contributed by atoms with Gasteiger partial charge in [0.05, 0.1) is 46.8 Å². The van der Waals surface area contributed by atoms with E-state index >= 15 is 0 Å². The van der Waals surface area contributed by atoms with Gasteiger partial charge >= 0.3 is 0 Å². The van der Waals surface area contributed by atoms with Gasteiger partial charge in [0.25, 0.3) is 11.8 Å². The van der Waals surface area contributed by atoms with Crippen LogP contribution in [0.5, 0.6) is 5.75 Å². The summed E-state index contributed by atoms with van der Waals surface area (Å²) < 4.78 is 22.3. The first kappa shape index (κ1) is 31.3. The lowest BCUT2D eigenvalue weighted by atomic mass is 10.1. The predicted octanol–water partition coefficient (Wildman–Crippen LogP) is 6.41. The molecule has 0 unspecified atom stereocenters. The van der Waals surface area contributed by atoms with Gasteiger partial charge in [0.2, 0.25) is 0 Å². The Morgan fingerprint density at radius 2 is 1.29 bits per heavy atom. The number of para-hydroxylation sites is 2. The fourth-order valence-corrected chi connectivity index (χ4v) is 6.42. The standard InChI is InChI=1S/2C19H18N2O3/c1-2-11-24-12-10-20-14-7-4-3-6-13(14)18(22)16-15-8-5-9-21(15)19(23)17(16)20;1-2-10-23-11-12-24-18-13-6-3-4-7-14(13)20-17-16(18)15-8-5-9-21(15)19(17)22/h2*3-9H,2,10-12H2,1H3. The monoisotopic (exact) mass is 644 g/mol. The lowest BCUT2D eigenvalue weighted by Gasteiger charge is -2.15. The van der Waals surface area contributed by atoms with Crippen molar-refractivity contribution < 1.29 is 23.8 Å². The number of fused-ring (bicyclic) bond motifs is 8. The van der Waals surface area contributed by atoms with Crippen molar-refractivity contribution in [1.82, 2.24) is 18.7 Å². The van der Waals surface area contributed by atoms with Crippen molar-refractivity contribution in [3.8, 4) is 28.3 Å². The normalized spacial score (nSPS) is 12.5. The van der Waals surface area contributed by atoms with Crippen LogP contribution in [-0.2, 0) is 16.0 Å². The second kappa shape index (κ2) is 13.4. The molecule has 0 saturated heterocycles. The zero-order chi connectivity index (χ0) is 33.2. The summed E-state index contributed by atoms with van der Waals surface area (Å²) in [6.45, 7) is 7.56. The number of pyridine rings is 2. The first-order chi connectivity index (χ1) is 23.5. The molecule has 0 bridgehead atoms. The number of aromatic nitrogens is 4. The molecule has 0 amide bonds. The lowest BCUT2D eigenvalue weighted by molar-refractivity contribution is 0.0949. The van der Waals surface area contributed by atoms with Crippen LogP contribution >= 0.6 is 0 Å². The maximum atomic E-state index is 12.9. The summed E-state index contributed by atoms with van der Waals surface area (Å²) in [5, 5.41) is 1.54. The van der Waals surface area contributed by atoms with E-state index in [0.717, 1.165) is 47.1 Å². The average Bonchev–Trinajstić information content (AvgIpc) is 3.89. The number of carbonyl (C=O) groups excluding carboxylic acids is 2. The summed E-state index contributed by atoms with van der Waals surface area (Å²) in [6, 6.07) is 22.6. The van der Waals surface area contributed by atoms with Gasteiger partial charge in [0, 0.05) is 42.9 Å². The fourth-order valence-electron chi connectivity index (χ4n) is 6.42. The van der Waals surface area contributed by atoms with Crippen LogP contribution in [0.4, 0.5) is 0 Å². The number of hydrogen-bond donors (Lipinski definition) is 0. The van der Waals surface area contributed by atoms with Crippen molar-refractivity contribution >= 4 is 33.6 Å². The van der Waals surface area contributed by atoms with Crippen molar-refractivity contribution in [3.63, 3.8) is 0 Å². The van der Waals surface area contributed by atoms with E-state index in [1.54, 1.807) is 27.6 Å². The molecule has 0 radical (unpaired) electrons. The summed E-state index contributed by atoms with van der Waals surface area (Å²) in [7, 11) is 0. The summed E-state index contributed by atoms with van der Waals surface area (Å²) in [4.78, 5) is 42.9. The van der Waals surface area contributed by atoms with Gasteiger partial charge in [-0.25, -0.2) is 4.98 Å². The van der Waals surface area contributed by atoms with E-state index in [2.05, 4.69) is 18.8 Å². The van der Waals surface area contributed by atoms with Crippen LogP contribution in [0.3, 0.4) is 0 Å². The molecule has 0 spiro atoms. The zero-order valence-electron chi connectivity index (χ0n) is 27.0. The molecule has 6 heterocycles. The van der Waals surface area contributed by atoms with E-state index in [4.69, 9.17) is 14.2 Å². The van der Waals surface area contributed by atoms with E-state index < -0.39 is 0 Å². The Morgan fingerprint density at radius 1 is 0.646 bits per heavy atom. The smallest absolute Gasteiger partial charge is 0.281 e. The Kier molecular flexibility index (Phi) is 8.75. The summed E-state index contributed by atoms with van der Waals surface area (Å²) in [6.07, 6.45) is 5.40. The minimum absolute atomic E-state index is 0.0860. The number of carbonyl (C=O) groups is 2. The summed E-state index contributed by atoms with van der Waals surface area (Å²) in [5.74, 6) is 0.452. The Balaban J connectivity index is 0.000000152. The predicted molar refractivity (Wildman–Crippen MR) is 184 cm³/mol. The van der Waals surface area contributed by atoms with Crippen molar-refractivity contribution in [2.75, 3.05) is 33.0 Å². The maximum Gasteiger partial charge on any atom is 0.281 e. The summed E-state index contributed by atoms with van der Waals surface area (Å²) >= 11 is 0. The molecule has 244 valence electrons. The highest BCUT2D eigenvalue weighted by Gasteiger charge is 2.33. The van der Waals surface area contributed by atoms with Gasteiger partial charge in [0.15, 0.2) is 5.43 Å². The molecule has 0 N–H and O–H groups in total. The third-order valence-corrected chi connectivity index (χ3v) is 8.50. The van der Waals surface area contributed by atoms with Crippen molar-refractivity contribution in [3.05, 3.63) is 107 Å². The molecule has 6 aromatic rings. The molecule has 2 aliphatic heterocycles. The molecule has 8 rings (SSSR count). The highest BCUT2D eigenvalue weighted by atomic mass is 16.5. The van der Waals surface area contributed by atoms with Gasteiger partial charge in [-0.05, 0) is 61.4 Å². The molecule has 2 aliphatic rings. The Morgan fingerprint density at radius 3 is 2.04 bits per heavy atom. The van der Waals surface area contributed by atoms with Crippen LogP contribution in [-0.4, -0.2) is 63.5 Å². The van der Waals surface area contributed by atoms with E-state index in [1.807, 2.05) is 71.3 Å². The van der Waals surface area contributed by atoms with Crippen LogP contribution in [0.25, 0.3) is 44.3 Å². The van der Waals surface area contributed by atoms with Crippen LogP contribution < -0.4 is 10.2 Å². The second-order valence-electron chi connectivity index (χ2n) is 11.6. The average molecular weight is 645 g/mol. The minimum atomic E-state index is -0.150. The number of nitrogens with zero attached hydrogens (tertiary/aromatic N) is 4. The third kappa shape index (κ3) is 5.32. The Hall–Kier alpha value is -5.32. The number of ether oxygens (including phenoxy) is 3. The maximum absolute atomic E-state index is 12.9. The van der Waals surface area contributed by atoms with Gasteiger partial charge in [0.1, 0.15) is 23.7 Å². The molecule has 0 atom stereocenters. The van der Waals surface area contributed by atoms with Gasteiger partial charge in [-0.15, -0.1) is 0 Å². The number of rotatable bonds is 11. The molecule has 2 aromatic carbocycles. The van der Waals surface area contributed by atoms with Crippen LogP contribution in [0.1, 0.15) is 47.7 Å². The molecule has 4 aromatic heterocycles. The number of hydrogen-bond acceptors (Lipinski definition) is 7. The summed E-state index contributed by atoms with van der Waals surface area (Å²) in [5.41, 5.74) is 5.16. The molecule has 0 saturated carbocycles. The molecule has 0 fully saturated rings. The first-order valence-electron chi connectivity index (χ1n) is 16.4.